The Morgan fingerprint density at radius 2 is 1.96 bits per heavy atom. The minimum atomic E-state index is -3.80. The number of carbonyl (C=O) groups is 1. The van der Waals surface area contributed by atoms with Crippen LogP contribution >= 0.6 is 11.6 Å². The third kappa shape index (κ3) is 4.16. The van der Waals surface area contributed by atoms with Gasteiger partial charge in [-0.25, -0.2) is 21.6 Å². The lowest BCUT2D eigenvalue weighted by Crippen LogP contribution is -2.38. The van der Waals surface area contributed by atoms with Gasteiger partial charge in [0.1, 0.15) is 4.90 Å². The molecular weight excluding hydrogens is 388 g/mol. The van der Waals surface area contributed by atoms with Gasteiger partial charge in [-0.2, -0.15) is 0 Å². The van der Waals surface area contributed by atoms with Crippen molar-refractivity contribution < 1.29 is 21.6 Å². The summed E-state index contributed by atoms with van der Waals surface area (Å²) in [6.45, 7) is 0. The lowest BCUT2D eigenvalue weighted by Gasteiger charge is -2.23. The molecule has 1 aliphatic carbocycles. The molecule has 1 heterocycles. The van der Waals surface area contributed by atoms with E-state index in [2.05, 4.69) is 4.72 Å². The summed E-state index contributed by atoms with van der Waals surface area (Å²) >= 11 is 6.01. The highest BCUT2D eigenvalue weighted by Gasteiger charge is 2.34. The molecule has 2 fully saturated rings. The van der Waals surface area contributed by atoms with Gasteiger partial charge in [0.2, 0.25) is 10.0 Å². The SMILES string of the molecule is CN(C(=O)c1ccc(Cl)c(S(=O)(=O)NC2CC2)c1)[C@@H]1CCS(=O)(=O)C1. The van der Waals surface area contributed by atoms with Crippen molar-refractivity contribution in [3.8, 4) is 0 Å². The van der Waals surface area contributed by atoms with E-state index < -0.39 is 31.8 Å². The average molecular weight is 407 g/mol. The van der Waals surface area contributed by atoms with E-state index in [1.54, 1.807) is 0 Å². The Kier molecular flexibility index (Phi) is 4.87. The summed E-state index contributed by atoms with van der Waals surface area (Å²) in [5.41, 5.74) is 0.160. The number of rotatable bonds is 5. The zero-order valence-corrected chi connectivity index (χ0v) is 16.0. The molecule has 1 saturated heterocycles. The van der Waals surface area contributed by atoms with E-state index in [-0.39, 0.29) is 33.0 Å². The van der Waals surface area contributed by atoms with Gasteiger partial charge in [-0.15, -0.1) is 0 Å². The highest BCUT2D eigenvalue weighted by Crippen LogP contribution is 2.27. The highest BCUT2D eigenvalue weighted by atomic mass is 35.5. The molecule has 138 valence electrons. The van der Waals surface area contributed by atoms with Crippen molar-refractivity contribution in [3.63, 3.8) is 0 Å². The maximum absolute atomic E-state index is 12.6. The van der Waals surface area contributed by atoms with E-state index in [0.29, 0.717) is 6.42 Å². The van der Waals surface area contributed by atoms with Crippen LogP contribution in [0.1, 0.15) is 29.6 Å². The number of nitrogens with one attached hydrogen (secondary N) is 1. The van der Waals surface area contributed by atoms with Crippen LogP contribution in [0.4, 0.5) is 0 Å². The zero-order chi connectivity index (χ0) is 18.4. The number of benzene rings is 1. The predicted octanol–water partition coefficient (Wildman–Crippen LogP) is 1.04. The molecule has 1 aliphatic heterocycles. The first-order valence-electron chi connectivity index (χ1n) is 7.88. The van der Waals surface area contributed by atoms with Gasteiger partial charge in [-0.1, -0.05) is 11.6 Å². The molecule has 1 N–H and O–H groups in total. The van der Waals surface area contributed by atoms with Crippen molar-refractivity contribution in [1.82, 2.24) is 9.62 Å². The largest absolute Gasteiger partial charge is 0.338 e. The second-order valence-electron chi connectivity index (χ2n) is 6.51. The quantitative estimate of drug-likeness (QED) is 0.787. The van der Waals surface area contributed by atoms with Crippen molar-refractivity contribution in [3.05, 3.63) is 28.8 Å². The summed E-state index contributed by atoms with van der Waals surface area (Å²) < 4.78 is 50.5. The van der Waals surface area contributed by atoms with Gasteiger partial charge < -0.3 is 4.90 Å². The lowest BCUT2D eigenvalue weighted by molar-refractivity contribution is 0.0747. The first-order valence-corrected chi connectivity index (χ1v) is 11.6. The molecule has 0 bridgehead atoms. The molecule has 1 atom stereocenters. The van der Waals surface area contributed by atoms with Gasteiger partial charge in [-0.3, -0.25) is 4.79 Å². The Bertz CT molecular complexity index is 910. The number of halogens is 1. The summed E-state index contributed by atoms with van der Waals surface area (Å²) in [6.07, 6.45) is 1.95. The number of sulfone groups is 1. The fourth-order valence-corrected chi connectivity index (χ4v) is 6.38. The molecule has 3 rings (SSSR count). The number of nitrogens with zero attached hydrogens (tertiary/aromatic N) is 1. The van der Waals surface area contributed by atoms with Gasteiger partial charge in [0.15, 0.2) is 9.84 Å². The van der Waals surface area contributed by atoms with Crippen LogP contribution in [0.2, 0.25) is 5.02 Å². The van der Waals surface area contributed by atoms with Crippen molar-refractivity contribution in [2.24, 2.45) is 0 Å². The maximum atomic E-state index is 12.6. The zero-order valence-electron chi connectivity index (χ0n) is 13.6. The van der Waals surface area contributed by atoms with Crippen LogP contribution in [0.5, 0.6) is 0 Å². The Morgan fingerprint density at radius 3 is 2.52 bits per heavy atom. The summed E-state index contributed by atoms with van der Waals surface area (Å²) in [5.74, 6) is -0.445. The number of hydrogen-bond acceptors (Lipinski definition) is 5. The van der Waals surface area contributed by atoms with Gasteiger partial charge in [-0.05, 0) is 37.5 Å². The molecule has 0 unspecified atom stereocenters. The van der Waals surface area contributed by atoms with Crippen LogP contribution in [0, 0.1) is 0 Å². The van der Waals surface area contributed by atoms with Crippen LogP contribution in [0.25, 0.3) is 0 Å². The average Bonchev–Trinajstić information content (AvgIpc) is 3.25. The fraction of sp³-hybridized carbons (Fsp3) is 0.533. The Hall–Kier alpha value is -1.16. The summed E-state index contributed by atoms with van der Waals surface area (Å²) in [7, 11) is -5.39. The van der Waals surface area contributed by atoms with E-state index in [9.17, 15) is 21.6 Å². The molecule has 0 aromatic heterocycles. The van der Waals surface area contributed by atoms with E-state index in [4.69, 9.17) is 11.6 Å². The second-order valence-corrected chi connectivity index (χ2v) is 10.8. The van der Waals surface area contributed by atoms with Crippen LogP contribution in [-0.2, 0) is 19.9 Å². The molecule has 10 heteroatoms. The van der Waals surface area contributed by atoms with Gasteiger partial charge in [0.25, 0.3) is 5.91 Å². The standard InChI is InChI=1S/C15H19ClN2O5S2/c1-18(12-6-7-24(20,21)9-12)15(19)10-2-5-13(16)14(8-10)25(22,23)17-11-3-4-11/h2,5,8,11-12,17H,3-4,6-7,9H2,1H3/t12-/m1/s1. The lowest BCUT2D eigenvalue weighted by atomic mass is 10.1. The van der Waals surface area contributed by atoms with Gasteiger partial charge in [0.05, 0.1) is 16.5 Å². The smallest absolute Gasteiger partial charge is 0.253 e. The van der Waals surface area contributed by atoms with Crippen LogP contribution in [0.15, 0.2) is 23.1 Å². The summed E-state index contributed by atoms with van der Waals surface area (Å²) in [5, 5.41) is 0.0378. The molecule has 2 aliphatic rings. The minimum absolute atomic E-state index is 0.0378. The number of hydrogen-bond donors (Lipinski definition) is 1. The number of amides is 1. The molecule has 7 nitrogen and oxygen atoms in total. The van der Waals surface area contributed by atoms with E-state index in [1.165, 1.54) is 30.1 Å². The van der Waals surface area contributed by atoms with Crippen molar-refractivity contribution in [1.29, 1.82) is 0 Å². The predicted molar refractivity (Wildman–Crippen MR) is 93.9 cm³/mol. The molecule has 1 aromatic rings. The molecule has 1 saturated carbocycles. The van der Waals surface area contributed by atoms with Crippen LogP contribution in [0.3, 0.4) is 0 Å². The third-order valence-electron chi connectivity index (χ3n) is 4.44. The van der Waals surface area contributed by atoms with Crippen molar-refractivity contribution in [2.75, 3.05) is 18.6 Å². The van der Waals surface area contributed by atoms with E-state index >= 15 is 0 Å². The van der Waals surface area contributed by atoms with Crippen molar-refractivity contribution >= 4 is 37.4 Å². The summed E-state index contributed by atoms with van der Waals surface area (Å²) in [6, 6.07) is 3.58. The normalized spacial score (nSPS) is 22.7. The van der Waals surface area contributed by atoms with Gasteiger partial charge in [0, 0.05) is 24.7 Å². The number of sulfonamides is 1. The van der Waals surface area contributed by atoms with Crippen molar-refractivity contribution in [2.45, 2.75) is 36.2 Å². The molecule has 25 heavy (non-hydrogen) atoms. The topological polar surface area (TPSA) is 101 Å². The summed E-state index contributed by atoms with van der Waals surface area (Å²) in [4.78, 5) is 13.9. The van der Waals surface area contributed by atoms with Crippen LogP contribution < -0.4 is 4.72 Å². The highest BCUT2D eigenvalue weighted by molar-refractivity contribution is 7.91. The second kappa shape index (κ2) is 6.53. The molecule has 1 aromatic carbocycles. The number of carbonyl (C=O) groups excluding carboxylic acids is 1. The Balaban J connectivity index is 1.85. The molecule has 1 amide bonds. The first kappa shape index (κ1) is 18.6. The minimum Gasteiger partial charge on any atom is -0.338 e. The maximum Gasteiger partial charge on any atom is 0.253 e. The fourth-order valence-electron chi connectivity index (χ4n) is 2.78. The van der Waals surface area contributed by atoms with Crippen LogP contribution in [-0.4, -0.2) is 58.3 Å². The van der Waals surface area contributed by atoms with Gasteiger partial charge >= 0.3 is 0 Å². The first-order chi connectivity index (χ1) is 11.6. The third-order valence-corrected chi connectivity index (χ3v) is 8.20. The monoisotopic (exact) mass is 406 g/mol. The molecule has 0 spiro atoms. The van der Waals surface area contributed by atoms with E-state index in [0.717, 1.165) is 12.8 Å². The molecule has 0 radical (unpaired) electrons. The molecular formula is C15H19ClN2O5S2. The Labute approximate surface area is 152 Å². The van der Waals surface area contributed by atoms with E-state index in [1.807, 2.05) is 0 Å². The Morgan fingerprint density at radius 1 is 1.28 bits per heavy atom.